The lowest BCUT2D eigenvalue weighted by atomic mass is 10.1. The number of rotatable bonds is 29. The third-order valence-electron chi connectivity index (χ3n) is 17.6. The molecule has 0 aliphatic carbocycles. The number of anilines is 4. The number of hydrogen-bond donors (Lipinski definition) is 4. The topological polar surface area (TPSA) is 179 Å². The quantitative estimate of drug-likeness (QED) is 0.0325. The van der Waals surface area contributed by atoms with E-state index < -0.39 is 17.6 Å². The van der Waals surface area contributed by atoms with Crippen LogP contribution in [0, 0.1) is 48.5 Å². The second kappa shape index (κ2) is 43.9. The lowest BCUT2D eigenvalue weighted by Gasteiger charge is -2.32. The van der Waals surface area contributed by atoms with Crippen molar-refractivity contribution >= 4 is 81.2 Å². The third-order valence-corrected chi connectivity index (χ3v) is 18.8. The van der Waals surface area contributed by atoms with Gasteiger partial charge < -0.3 is 64.6 Å². The van der Waals surface area contributed by atoms with Gasteiger partial charge in [-0.1, -0.05) is 103 Å². The number of aryl methyl sites for hydroxylation is 7. The highest BCUT2D eigenvalue weighted by molar-refractivity contribution is 6.32. The molecule has 0 aromatic heterocycles. The van der Waals surface area contributed by atoms with E-state index in [9.17, 15) is 32.3 Å². The SMILES string of the molecule is CCN(CC)CCOc1cccc(C)c1C(=O)Nc1ccc(Cl)c(C)c1.CCOc1cccc(OCCN(C)C)c1C(=O)Nc1cccc(C)c1C(F)(F)F.Cc1cc(NC(=O)c2c(C)cccc2OCCCN(C)C)ccc1Cl.Cc1cc(NC(=O)c2c(C)cccc2OCCN2CCN(C)CC2)ccc1Cl. The Morgan fingerprint density at radius 1 is 0.426 bits per heavy atom. The fraction of sp³-hybridized carbons (Fsp3) is 0.381. The summed E-state index contributed by atoms with van der Waals surface area (Å²) in [6.45, 7) is 30.6. The van der Waals surface area contributed by atoms with Crippen LogP contribution in [-0.4, -0.2) is 182 Å². The van der Waals surface area contributed by atoms with E-state index in [4.69, 9.17) is 58.5 Å². The second-order valence-corrected chi connectivity index (χ2v) is 27.9. The van der Waals surface area contributed by atoms with Gasteiger partial charge >= 0.3 is 6.18 Å². The molecule has 1 heterocycles. The molecule has 582 valence electrons. The Morgan fingerprint density at radius 2 is 0.787 bits per heavy atom. The highest BCUT2D eigenvalue weighted by atomic mass is 35.5. The Hall–Kier alpha value is -8.90. The van der Waals surface area contributed by atoms with Crippen LogP contribution < -0.4 is 45.0 Å². The predicted molar refractivity (Wildman–Crippen MR) is 433 cm³/mol. The van der Waals surface area contributed by atoms with E-state index in [0.717, 1.165) is 104 Å². The number of carbonyl (C=O) groups excluding carboxylic acids is 4. The molecule has 8 aromatic rings. The molecule has 0 unspecified atom stereocenters. The first kappa shape index (κ1) is 88.0. The summed E-state index contributed by atoms with van der Waals surface area (Å²) in [5, 5.41) is 13.3. The summed E-state index contributed by atoms with van der Waals surface area (Å²) in [4.78, 5) is 62.5. The van der Waals surface area contributed by atoms with Gasteiger partial charge in [-0.15, -0.1) is 0 Å². The molecule has 9 rings (SSSR count). The first-order valence-electron chi connectivity index (χ1n) is 36.1. The van der Waals surface area contributed by atoms with E-state index in [-0.39, 0.29) is 46.0 Å². The van der Waals surface area contributed by atoms with Crippen molar-refractivity contribution in [1.82, 2.24) is 24.5 Å². The third kappa shape index (κ3) is 27.6. The van der Waals surface area contributed by atoms with Gasteiger partial charge in [-0.2, -0.15) is 13.2 Å². The first-order chi connectivity index (χ1) is 51.4. The van der Waals surface area contributed by atoms with E-state index in [1.165, 1.54) is 25.1 Å². The van der Waals surface area contributed by atoms with Crippen LogP contribution in [0.15, 0.2) is 146 Å². The van der Waals surface area contributed by atoms with E-state index in [0.29, 0.717) is 100.0 Å². The van der Waals surface area contributed by atoms with Crippen molar-refractivity contribution in [3.63, 3.8) is 0 Å². The first-order valence-corrected chi connectivity index (χ1v) is 37.3. The van der Waals surface area contributed by atoms with Crippen LogP contribution in [0.3, 0.4) is 0 Å². The van der Waals surface area contributed by atoms with Crippen molar-refractivity contribution < 1.29 is 56.0 Å². The number of hydrogen-bond acceptors (Lipinski definition) is 14. The molecule has 0 radical (unpaired) electrons. The number of halogens is 6. The number of piperazine rings is 1. The van der Waals surface area contributed by atoms with Gasteiger partial charge in [-0.05, 0) is 240 Å². The van der Waals surface area contributed by atoms with Gasteiger partial charge in [0.25, 0.3) is 23.6 Å². The van der Waals surface area contributed by atoms with E-state index in [1.54, 1.807) is 61.5 Å². The highest BCUT2D eigenvalue weighted by Gasteiger charge is 2.36. The molecule has 18 nitrogen and oxygen atoms in total. The highest BCUT2D eigenvalue weighted by Crippen LogP contribution is 2.39. The molecule has 4 N–H and O–H groups in total. The van der Waals surface area contributed by atoms with Gasteiger partial charge in [0.2, 0.25) is 0 Å². The summed E-state index contributed by atoms with van der Waals surface area (Å²) in [6, 6.07) is 42.2. The van der Waals surface area contributed by atoms with Crippen LogP contribution in [0.25, 0.3) is 0 Å². The minimum absolute atomic E-state index is 0.0239. The molecule has 0 atom stereocenters. The van der Waals surface area contributed by atoms with E-state index in [2.05, 4.69) is 61.8 Å². The van der Waals surface area contributed by atoms with Crippen molar-refractivity contribution in [3.05, 3.63) is 227 Å². The molecule has 8 aromatic carbocycles. The number of carbonyl (C=O) groups is 4. The van der Waals surface area contributed by atoms with Gasteiger partial charge in [0, 0.05) is 84.5 Å². The molecule has 108 heavy (non-hydrogen) atoms. The van der Waals surface area contributed by atoms with Crippen molar-refractivity contribution in [3.8, 4) is 28.7 Å². The number of alkyl halides is 3. The molecule has 0 bridgehead atoms. The summed E-state index contributed by atoms with van der Waals surface area (Å²) < 4.78 is 69.5. The summed E-state index contributed by atoms with van der Waals surface area (Å²) >= 11 is 18.2. The Balaban J connectivity index is 0.000000226. The van der Waals surface area contributed by atoms with Crippen LogP contribution in [0.1, 0.15) is 113 Å². The van der Waals surface area contributed by atoms with E-state index >= 15 is 0 Å². The number of nitrogens with one attached hydrogen (secondary N) is 4. The van der Waals surface area contributed by atoms with Gasteiger partial charge in [0.1, 0.15) is 54.1 Å². The standard InChI is InChI=1S/C22H28ClN3O2.C21H27ClN2O2.C21H25F3N2O3.C20H25ClN2O2/c1-16-5-4-6-20(28-14-13-26-11-9-25(3)10-12-26)21(16)22(27)24-18-7-8-19(23)17(2)15-18;1-5-24(6-2)12-13-26-19-9-7-8-15(3)20(19)21(25)23-17-10-11-18(22)16(4)14-17;1-5-28-16-10-7-11-17(29-13-12-26(3)4)18(16)20(27)25-15-9-6-8-14(2)19(15)21(22,23)24;1-14-7-5-8-18(25-12-6-11-23(3)4)19(14)20(24)22-16-9-10-17(21)15(2)13-16/h4-8,15H,9-14H2,1-3H3,(H,24,27);7-11,14H,5-6,12-13H2,1-4H3,(H,23,25);6-11H,5,12-13H2,1-4H3,(H,25,27);5,7-10,13H,6,11-12H2,1-4H3,(H,22,24). The normalized spacial score (nSPS) is 12.2. The zero-order valence-corrected chi connectivity index (χ0v) is 67.1. The molecule has 4 amide bonds. The number of nitrogens with zero attached hydrogens (tertiary/aromatic N) is 5. The fourth-order valence-corrected chi connectivity index (χ4v) is 11.8. The Bertz CT molecular complexity index is 4260. The zero-order chi connectivity index (χ0) is 79.2. The maximum atomic E-state index is 13.5. The Labute approximate surface area is 651 Å². The molecule has 0 saturated carbocycles. The minimum atomic E-state index is -4.60. The molecule has 1 fully saturated rings. The maximum absolute atomic E-state index is 13.5. The van der Waals surface area contributed by atoms with Gasteiger partial charge in [0.15, 0.2) is 0 Å². The summed E-state index contributed by atoms with van der Waals surface area (Å²) in [5.74, 6) is 1.08. The maximum Gasteiger partial charge on any atom is 0.418 e. The molecular formula is C84H105Cl3F3N9O9. The summed E-state index contributed by atoms with van der Waals surface area (Å²) in [6.07, 6.45) is -3.70. The zero-order valence-electron chi connectivity index (χ0n) is 64.8. The Kier molecular flexibility index (Phi) is 35.8. The number of likely N-dealkylation sites (N-methyl/N-ethyl adjacent to an activating group) is 3. The predicted octanol–water partition coefficient (Wildman–Crippen LogP) is 17.9. The van der Waals surface area contributed by atoms with Crippen LogP contribution in [0.5, 0.6) is 28.7 Å². The van der Waals surface area contributed by atoms with Crippen LogP contribution in [0.2, 0.25) is 15.1 Å². The molecular weight excluding hydrogens is 1440 g/mol. The molecule has 1 aliphatic rings. The largest absolute Gasteiger partial charge is 0.493 e. The van der Waals surface area contributed by atoms with Gasteiger partial charge in [0.05, 0.1) is 41.2 Å². The van der Waals surface area contributed by atoms with Gasteiger partial charge in [-0.25, -0.2) is 0 Å². The lowest BCUT2D eigenvalue weighted by Crippen LogP contribution is -2.45. The average Bonchev–Trinajstić information content (AvgIpc) is 0.801. The smallest absolute Gasteiger partial charge is 0.418 e. The van der Waals surface area contributed by atoms with Crippen molar-refractivity contribution in [2.75, 3.05) is 155 Å². The fourth-order valence-electron chi connectivity index (χ4n) is 11.5. The van der Waals surface area contributed by atoms with Crippen molar-refractivity contribution in [2.24, 2.45) is 0 Å². The van der Waals surface area contributed by atoms with Crippen molar-refractivity contribution in [1.29, 1.82) is 0 Å². The summed E-state index contributed by atoms with van der Waals surface area (Å²) in [7, 11) is 9.96. The number of amides is 4. The van der Waals surface area contributed by atoms with Crippen LogP contribution >= 0.6 is 34.8 Å². The van der Waals surface area contributed by atoms with Crippen molar-refractivity contribution in [2.45, 2.75) is 81.8 Å². The monoisotopic (exact) mass is 1550 g/mol. The molecule has 24 heteroatoms. The average molecular weight is 1550 g/mol. The second-order valence-electron chi connectivity index (χ2n) is 26.6. The number of benzene rings is 8. The molecule has 0 spiro atoms. The summed E-state index contributed by atoms with van der Waals surface area (Å²) in [5.41, 5.74) is 8.18. The minimum Gasteiger partial charge on any atom is -0.493 e. The molecule has 1 aliphatic heterocycles. The lowest BCUT2D eigenvalue weighted by molar-refractivity contribution is -0.137. The number of ether oxygens (including phenoxy) is 5. The molecule has 1 saturated heterocycles. The Morgan fingerprint density at radius 3 is 1.19 bits per heavy atom. The van der Waals surface area contributed by atoms with E-state index in [1.807, 2.05) is 147 Å². The van der Waals surface area contributed by atoms with Crippen LogP contribution in [0.4, 0.5) is 35.9 Å². The van der Waals surface area contributed by atoms with Crippen LogP contribution in [-0.2, 0) is 6.18 Å². The van der Waals surface area contributed by atoms with Gasteiger partial charge in [-0.3, -0.25) is 24.1 Å².